The van der Waals surface area contributed by atoms with E-state index in [9.17, 15) is 0 Å². The standard InChI is InChI=1S/C11H11NS.C5H11NS/c1-12-10-4-2-8-3-5-11(13)7-9(8)6-10;1-5(2,3)6-4-7/h2-7,12-13H,1H3;4H,1-3H3,(H,6,7). The maximum atomic E-state index is 4.56. The molecule has 0 unspecified atom stereocenters. The van der Waals surface area contributed by atoms with Gasteiger partial charge < -0.3 is 10.6 Å². The van der Waals surface area contributed by atoms with Crippen LogP contribution in [0, 0.1) is 0 Å². The third kappa shape index (κ3) is 5.80. The molecule has 0 radical (unpaired) electrons. The molecule has 0 saturated carbocycles. The molecule has 0 atom stereocenters. The Morgan fingerprint density at radius 1 is 1.05 bits per heavy atom. The Morgan fingerprint density at radius 2 is 1.70 bits per heavy atom. The van der Waals surface area contributed by atoms with Crippen LogP contribution >= 0.6 is 24.8 Å². The third-order valence-corrected chi connectivity index (χ3v) is 3.00. The lowest BCUT2D eigenvalue weighted by molar-refractivity contribution is 0.520. The van der Waals surface area contributed by atoms with E-state index in [1.807, 2.05) is 13.1 Å². The Kier molecular flexibility index (Phi) is 6.30. The molecule has 0 saturated heterocycles. The second-order valence-electron chi connectivity index (χ2n) is 5.51. The topological polar surface area (TPSA) is 24.1 Å². The van der Waals surface area contributed by atoms with Crippen LogP contribution < -0.4 is 10.6 Å². The van der Waals surface area contributed by atoms with Crippen molar-refractivity contribution >= 4 is 46.8 Å². The van der Waals surface area contributed by atoms with E-state index >= 15 is 0 Å². The number of fused-ring (bicyclic) bond motifs is 1. The Labute approximate surface area is 132 Å². The van der Waals surface area contributed by atoms with Crippen molar-refractivity contribution in [3.05, 3.63) is 36.4 Å². The van der Waals surface area contributed by atoms with Gasteiger partial charge in [-0.1, -0.05) is 24.4 Å². The molecule has 2 aromatic rings. The van der Waals surface area contributed by atoms with Gasteiger partial charge in [0.05, 0.1) is 5.49 Å². The first kappa shape index (κ1) is 16.8. The van der Waals surface area contributed by atoms with E-state index in [4.69, 9.17) is 0 Å². The Morgan fingerprint density at radius 3 is 2.20 bits per heavy atom. The van der Waals surface area contributed by atoms with E-state index < -0.39 is 0 Å². The van der Waals surface area contributed by atoms with Gasteiger partial charge in [-0.3, -0.25) is 0 Å². The fourth-order valence-electron chi connectivity index (χ4n) is 1.57. The Balaban J connectivity index is 0.000000246. The van der Waals surface area contributed by atoms with Gasteiger partial charge in [-0.05, 0) is 55.8 Å². The molecule has 0 aliphatic heterocycles. The van der Waals surface area contributed by atoms with Crippen molar-refractivity contribution < 1.29 is 0 Å². The zero-order valence-electron chi connectivity index (χ0n) is 12.4. The minimum Gasteiger partial charge on any atom is -0.388 e. The van der Waals surface area contributed by atoms with Gasteiger partial charge in [0.1, 0.15) is 0 Å². The van der Waals surface area contributed by atoms with Gasteiger partial charge in [-0.15, -0.1) is 12.6 Å². The number of nitrogens with one attached hydrogen (secondary N) is 2. The molecule has 0 aromatic heterocycles. The Bertz CT molecular complexity index is 574. The number of anilines is 1. The summed E-state index contributed by atoms with van der Waals surface area (Å²) in [5, 5.41) is 8.56. The highest BCUT2D eigenvalue weighted by Gasteiger charge is 2.03. The van der Waals surface area contributed by atoms with E-state index in [-0.39, 0.29) is 5.54 Å². The van der Waals surface area contributed by atoms with E-state index in [2.05, 4.69) is 86.6 Å². The highest BCUT2D eigenvalue weighted by molar-refractivity contribution is 7.80. The molecule has 0 aliphatic carbocycles. The molecule has 0 heterocycles. The van der Waals surface area contributed by atoms with E-state index in [0.717, 1.165) is 10.6 Å². The van der Waals surface area contributed by atoms with Crippen LogP contribution in [-0.2, 0) is 0 Å². The molecule has 0 spiro atoms. The summed E-state index contributed by atoms with van der Waals surface area (Å²) in [5.74, 6) is 0. The molecule has 4 heteroatoms. The van der Waals surface area contributed by atoms with Crippen LogP contribution in [0.1, 0.15) is 20.8 Å². The van der Waals surface area contributed by atoms with Crippen LogP contribution in [0.25, 0.3) is 10.8 Å². The molecular weight excluding hydrogens is 284 g/mol. The average molecular weight is 306 g/mol. The van der Waals surface area contributed by atoms with Gasteiger partial charge in [0, 0.05) is 23.2 Å². The number of hydrogen-bond donors (Lipinski definition) is 3. The van der Waals surface area contributed by atoms with Crippen molar-refractivity contribution in [2.75, 3.05) is 12.4 Å². The van der Waals surface area contributed by atoms with Crippen LogP contribution in [0.3, 0.4) is 0 Å². The summed E-state index contributed by atoms with van der Waals surface area (Å²) in [6.45, 7) is 6.20. The number of benzene rings is 2. The molecule has 0 fully saturated rings. The maximum Gasteiger partial charge on any atom is 0.0618 e. The quantitative estimate of drug-likeness (QED) is 0.562. The first-order chi connectivity index (χ1) is 9.35. The molecular formula is C16H22N2S2. The molecule has 2 aromatic carbocycles. The van der Waals surface area contributed by atoms with Crippen LogP contribution in [0.2, 0.25) is 0 Å². The van der Waals surface area contributed by atoms with E-state index in [1.165, 1.54) is 10.8 Å². The van der Waals surface area contributed by atoms with E-state index in [1.54, 1.807) is 5.49 Å². The smallest absolute Gasteiger partial charge is 0.0618 e. The highest BCUT2D eigenvalue weighted by atomic mass is 32.1. The van der Waals surface area contributed by atoms with Gasteiger partial charge in [-0.2, -0.15) is 0 Å². The van der Waals surface area contributed by atoms with Crippen molar-refractivity contribution in [1.82, 2.24) is 5.32 Å². The van der Waals surface area contributed by atoms with E-state index in [0.29, 0.717) is 0 Å². The van der Waals surface area contributed by atoms with Crippen molar-refractivity contribution in [3.8, 4) is 0 Å². The van der Waals surface area contributed by atoms with Crippen LogP contribution in [0.4, 0.5) is 5.69 Å². The summed E-state index contributed by atoms with van der Waals surface area (Å²) >= 11 is 8.87. The van der Waals surface area contributed by atoms with Crippen molar-refractivity contribution in [2.24, 2.45) is 0 Å². The number of rotatable bonds is 2. The SMILES string of the molecule is CC(C)(C)NC=S.CNc1ccc2ccc(S)cc2c1. The first-order valence-corrected chi connectivity index (χ1v) is 7.39. The van der Waals surface area contributed by atoms with Gasteiger partial charge in [0.15, 0.2) is 0 Å². The largest absolute Gasteiger partial charge is 0.388 e. The number of thiol groups is 1. The predicted molar refractivity (Wildman–Crippen MR) is 97.3 cm³/mol. The minimum absolute atomic E-state index is 0.141. The molecule has 2 nitrogen and oxygen atoms in total. The molecule has 2 rings (SSSR count). The monoisotopic (exact) mass is 306 g/mol. The number of thiocarbonyl (C=S) groups is 1. The zero-order chi connectivity index (χ0) is 15.2. The van der Waals surface area contributed by atoms with Gasteiger partial charge in [0.2, 0.25) is 0 Å². The van der Waals surface area contributed by atoms with Crippen LogP contribution in [0.5, 0.6) is 0 Å². The van der Waals surface area contributed by atoms with Gasteiger partial charge >= 0.3 is 0 Å². The van der Waals surface area contributed by atoms with Crippen LogP contribution in [-0.4, -0.2) is 18.1 Å². The summed E-state index contributed by atoms with van der Waals surface area (Å²) in [4.78, 5) is 1.00. The highest BCUT2D eigenvalue weighted by Crippen LogP contribution is 2.21. The first-order valence-electron chi connectivity index (χ1n) is 6.47. The summed E-state index contributed by atoms with van der Waals surface area (Å²) in [6, 6.07) is 12.4. The van der Waals surface area contributed by atoms with Gasteiger partial charge in [-0.25, -0.2) is 0 Å². The third-order valence-electron chi connectivity index (χ3n) is 2.60. The fraction of sp³-hybridized carbons (Fsp3) is 0.312. The lowest BCUT2D eigenvalue weighted by Crippen LogP contribution is -2.33. The summed E-state index contributed by atoms with van der Waals surface area (Å²) in [6.07, 6.45) is 0. The normalized spacial score (nSPS) is 10.4. The molecule has 0 amide bonds. The Hall–Kier alpha value is -1.26. The van der Waals surface area contributed by atoms with Gasteiger partial charge in [0.25, 0.3) is 0 Å². The van der Waals surface area contributed by atoms with Crippen molar-refractivity contribution in [2.45, 2.75) is 31.2 Å². The maximum absolute atomic E-state index is 4.56. The minimum atomic E-state index is 0.141. The molecule has 108 valence electrons. The van der Waals surface area contributed by atoms with Crippen molar-refractivity contribution in [1.29, 1.82) is 0 Å². The second-order valence-corrected chi connectivity index (χ2v) is 6.26. The number of hydrogen-bond acceptors (Lipinski definition) is 3. The lowest BCUT2D eigenvalue weighted by atomic mass is 10.1. The zero-order valence-corrected chi connectivity index (χ0v) is 14.1. The fourth-order valence-corrected chi connectivity index (χ4v) is 2.13. The molecule has 2 N–H and O–H groups in total. The predicted octanol–water partition coefficient (Wildman–Crippen LogP) is 4.50. The van der Waals surface area contributed by atoms with Crippen LogP contribution in [0.15, 0.2) is 41.3 Å². The lowest BCUT2D eigenvalue weighted by Gasteiger charge is -2.16. The molecule has 20 heavy (non-hydrogen) atoms. The molecule has 0 aliphatic rings. The summed E-state index contributed by atoms with van der Waals surface area (Å²) < 4.78 is 0. The van der Waals surface area contributed by atoms with Crippen molar-refractivity contribution in [3.63, 3.8) is 0 Å². The summed E-state index contributed by atoms with van der Waals surface area (Å²) in [5.41, 5.74) is 2.81. The summed E-state index contributed by atoms with van der Waals surface area (Å²) in [7, 11) is 1.92. The molecule has 0 bridgehead atoms. The second kappa shape index (κ2) is 7.50. The average Bonchev–Trinajstić information content (AvgIpc) is 2.37.